The van der Waals surface area contributed by atoms with Gasteiger partial charge in [0.05, 0.1) is 5.52 Å². The number of rotatable bonds is 2. The van der Waals surface area contributed by atoms with E-state index in [-0.39, 0.29) is 6.04 Å². The van der Waals surface area contributed by atoms with E-state index in [4.69, 9.17) is 5.73 Å². The quantitative estimate of drug-likeness (QED) is 0.844. The highest BCUT2D eigenvalue weighted by Crippen LogP contribution is 2.29. The number of nitrogens with two attached hydrogens (primary N) is 1. The van der Waals surface area contributed by atoms with Gasteiger partial charge in [-0.3, -0.25) is 0 Å². The molecule has 2 aromatic rings. The monoisotopic (exact) mass is 230 g/mol. The smallest absolute Gasteiger partial charge is 0.0512 e. The first-order valence-corrected chi connectivity index (χ1v) is 6.22. The Labute approximate surface area is 103 Å². The maximum Gasteiger partial charge on any atom is 0.0512 e. The molecule has 0 amide bonds. The van der Waals surface area contributed by atoms with Gasteiger partial charge in [-0.1, -0.05) is 11.6 Å². The van der Waals surface area contributed by atoms with E-state index in [0.29, 0.717) is 0 Å². The van der Waals surface area contributed by atoms with Crippen LogP contribution < -0.4 is 5.73 Å². The van der Waals surface area contributed by atoms with Crippen LogP contribution in [0.1, 0.15) is 29.3 Å². The van der Waals surface area contributed by atoms with E-state index in [1.807, 2.05) is 0 Å². The molecule has 17 heavy (non-hydrogen) atoms. The second kappa shape index (κ2) is 4.19. The van der Waals surface area contributed by atoms with Crippen LogP contribution in [0.15, 0.2) is 12.1 Å². The minimum absolute atomic E-state index is 0.208. The van der Waals surface area contributed by atoms with Crippen LogP contribution in [0, 0.1) is 20.8 Å². The van der Waals surface area contributed by atoms with Gasteiger partial charge in [-0.15, -0.1) is 0 Å². The second-order valence-corrected chi connectivity index (χ2v) is 5.28. The van der Waals surface area contributed by atoms with Crippen molar-refractivity contribution in [1.29, 1.82) is 0 Å². The van der Waals surface area contributed by atoms with E-state index in [1.54, 1.807) is 0 Å². The molecule has 0 spiro atoms. The third-order valence-corrected chi connectivity index (χ3v) is 3.57. The van der Waals surface area contributed by atoms with Crippen molar-refractivity contribution < 1.29 is 0 Å². The first-order valence-electron chi connectivity index (χ1n) is 6.22. The van der Waals surface area contributed by atoms with Crippen LogP contribution in [0.5, 0.6) is 0 Å². The molecule has 0 fully saturated rings. The Hall–Kier alpha value is -1.28. The number of aryl methyl sites for hydroxylation is 3. The first-order chi connectivity index (χ1) is 7.91. The van der Waals surface area contributed by atoms with Crippen molar-refractivity contribution in [3.8, 4) is 0 Å². The molecule has 0 radical (unpaired) electrons. The zero-order valence-electron chi connectivity index (χ0n) is 11.5. The van der Waals surface area contributed by atoms with E-state index in [0.717, 1.165) is 6.42 Å². The summed E-state index contributed by atoms with van der Waals surface area (Å²) in [6.45, 7) is 8.60. The van der Waals surface area contributed by atoms with Gasteiger partial charge in [-0.25, -0.2) is 0 Å². The molecule has 1 aromatic carbocycles. The number of hydrogen-bond donors (Lipinski definition) is 1. The minimum Gasteiger partial charge on any atom is -0.347 e. The van der Waals surface area contributed by atoms with Crippen LogP contribution in [-0.2, 0) is 13.5 Å². The Balaban J connectivity index is 2.79. The van der Waals surface area contributed by atoms with Crippen LogP contribution in [0.4, 0.5) is 0 Å². The highest BCUT2D eigenvalue weighted by atomic mass is 14.9. The summed E-state index contributed by atoms with van der Waals surface area (Å²) in [6, 6.07) is 4.74. The lowest BCUT2D eigenvalue weighted by Crippen LogP contribution is -2.18. The highest BCUT2D eigenvalue weighted by molar-refractivity contribution is 5.88. The molecule has 2 heteroatoms. The molecule has 1 aromatic heterocycles. The first kappa shape index (κ1) is 12.2. The zero-order valence-corrected chi connectivity index (χ0v) is 11.5. The third kappa shape index (κ3) is 1.98. The van der Waals surface area contributed by atoms with Gasteiger partial charge < -0.3 is 10.3 Å². The van der Waals surface area contributed by atoms with Crippen molar-refractivity contribution in [2.45, 2.75) is 40.2 Å². The van der Waals surface area contributed by atoms with Gasteiger partial charge in [0.15, 0.2) is 0 Å². The number of benzene rings is 1. The van der Waals surface area contributed by atoms with Gasteiger partial charge in [-0.2, -0.15) is 0 Å². The van der Waals surface area contributed by atoms with Crippen LogP contribution in [-0.4, -0.2) is 10.6 Å². The third-order valence-electron chi connectivity index (χ3n) is 3.57. The predicted octanol–water partition coefficient (Wildman–Crippen LogP) is 2.99. The van der Waals surface area contributed by atoms with Gasteiger partial charge in [-0.05, 0) is 51.3 Å². The average Bonchev–Trinajstić information content (AvgIpc) is 2.42. The van der Waals surface area contributed by atoms with E-state index < -0.39 is 0 Å². The molecule has 1 atom stereocenters. The van der Waals surface area contributed by atoms with Crippen LogP contribution in [0.2, 0.25) is 0 Å². The summed E-state index contributed by atoms with van der Waals surface area (Å²) in [6.07, 6.45) is 0.950. The lowest BCUT2D eigenvalue weighted by Gasteiger charge is -2.06. The SMILES string of the molecule is Cc1cc(C)c2c(c1)c(CC(C)N)c(C)n2C. The van der Waals surface area contributed by atoms with E-state index in [1.165, 1.54) is 33.3 Å². The summed E-state index contributed by atoms with van der Waals surface area (Å²) in [5.74, 6) is 0. The molecule has 2 nitrogen and oxygen atoms in total. The van der Waals surface area contributed by atoms with Crippen LogP contribution in [0.25, 0.3) is 10.9 Å². The lowest BCUT2D eigenvalue weighted by molar-refractivity contribution is 0.732. The van der Waals surface area contributed by atoms with Gasteiger partial charge >= 0.3 is 0 Å². The summed E-state index contributed by atoms with van der Waals surface area (Å²) < 4.78 is 2.29. The maximum absolute atomic E-state index is 5.96. The molecule has 2 N–H and O–H groups in total. The van der Waals surface area contributed by atoms with Crippen molar-refractivity contribution in [2.24, 2.45) is 12.8 Å². The van der Waals surface area contributed by atoms with Gasteiger partial charge in [0.2, 0.25) is 0 Å². The molecule has 0 bridgehead atoms. The van der Waals surface area contributed by atoms with Gasteiger partial charge in [0.25, 0.3) is 0 Å². The van der Waals surface area contributed by atoms with Crippen LogP contribution in [0.3, 0.4) is 0 Å². The Morgan fingerprint density at radius 3 is 2.47 bits per heavy atom. The maximum atomic E-state index is 5.96. The Morgan fingerprint density at radius 2 is 1.88 bits per heavy atom. The van der Waals surface area contributed by atoms with Crippen molar-refractivity contribution in [2.75, 3.05) is 0 Å². The van der Waals surface area contributed by atoms with Crippen molar-refractivity contribution >= 4 is 10.9 Å². The molecule has 0 aliphatic carbocycles. The predicted molar refractivity (Wildman–Crippen MR) is 74.5 cm³/mol. The summed E-state index contributed by atoms with van der Waals surface area (Å²) in [7, 11) is 2.14. The fourth-order valence-corrected chi connectivity index (χ4v) is 2.78. The van der Waals surface area contributed by atoms with E-state index in [9.17, 15) is 0 Å². The fourth-order valence-electron chi connectivity index (χ4n) is 2.78. The second-order valence-electron chi connectivity index (χ2n) is 5.28. The normalized spacial score (nSPS) is 13.3. The van der Waals surface area contributed by atoms with E-state index >= 15 is 0 Å². The number of nitrogens with zero attached hydrogens (tertiary/aromatic N) is 1. The van der Waals surface area contributed by atoms with Crippen molar-refractivity contribution in [3.63, 3.8) is 0 Å². The van der Waals surface area contributed by atoms with Crippen LogP contribution >= 0.6 is 0 Å². The topological polar surface area (TPSA) is 30.9 Å². The molecule has 1 heterocycles. The minimum atomic E-state index is 0.208. The fraction of sp³-hybridized carbons (Fsp3) is 0.467. The molecule has 0 aliphatic rings. The average molecular weight is 230 g/mol. The molecule has 2 rings (SSSR count). The standard InChI is InChI=1S/C15H22N2/c1-9-6-10(2)15-14(7-9)13(8-11(3)16)12(4)17(15)5/h6-7,11H,8,16H2,1-5H3. The molecular formula is C15H22N2. The molecular weight excluding hydrogens is 208 g/mol. The van der Waals surface area contributed by atoms with Crippen molar-refractivity contribution in [3.05, 3.63) is 34.5 Å². The molecule has 0 saturated carbocycles. The number of fused-ring (bicyclic) bond motifs is 1. The summed E-state index contributed by atoms with van der Waals surface area (Å²) in [5, 5.41) is 1.37. The number of aromatic nitrogens is 1. The summed E-state index contributed by atoms with van der Waals surface area (Å²) in [5.41, 5.74) is 12.7. The Morgan fingerprint density at radius 1 is 1.24 bits per heavy atom. The lowest BCUT2D eigenvalue weighted by atomic mass is 10.0. The van der Waals surface area contributed by atoms with Gasteiger partial charge in [0, 0.05) is 24.2 Å². The summed E-state index contributed by atoms with van der Waals surface area (Å²) >= 11 is 0. The molecule has 0 aliphatic heterocycles. The largest absolute Gasteiger partial charge is 0.347 e. The van der Waals surface area contributed by atoms with Crippen molar-refractivity contribution in [1.82, 2.24) is 4.57 Å². The Kier molecular flexibility index (Phi) is 3.00. The molecule has 1 unspecified atom stereocenters. The molecule has 0 saturated heterocycles. The Bertz CT molecular complexity index is 562. The molecule has 92 valence electrons. The zero-order chi connectivity index (χ0) is 12.7. The van der Waals surface area contributed by atoms with Gasteiger partial charge in [0.1, 0.15) is 0 Å². The summed E-state index contributed by atoms with van der Waals surface area (Å²) in [4.78, 5) is 0. The van der Waals surface area contributed by atoms with E-state index in [2.05, 4.69) is 51.4 Å². The number of hydrogen-bond acceptors (Lipinski definition) is 1. The highest BCUT2D eigenvalue weighted by Gasteiger charge is 2.14.